The van der Waals surface area contributed by atoms with E-state index in [-0.39, 0.29) is 11.5 Å². The number of hydrogen-bond acceptors (Lipinski definition) is 4. The Bertz CT molecular complexity index is 584. The average Bonchev–Trinajstić information content (AvgIpc) is 2.71. The molecule has 0 spiro atoms. The normalized spacial score (nSPS) is 28.6. The Labute approximate surface area is 132 Å². The topological polar surface area (TPSA) is 49.8 Å². The standard InChI is InChI=1S/C18H25NO3/c1-4-18-8-9-19(3)11-13-5-6-14(12(2)21)17(16(13)18)22-15(18)7-10-20/h5-6,10,12,15,21H,4,7-9,11H2,1-3H3. The van der Waals surface area contributed by atoms with Crippen LogP contribution in [0.4, 0.5) is 0 Å². The maximum Gasteiger partial charge on any atom is 0.129 e. The number of benzene rings is 1. The van der Waals surface area contributed by atoms with Gasteiger partial charge >= 0.3 is 0 Å². The Kier molecular flexibility index (Phi) is 4.00. The smallest absolute Gasteiger partial charge is 0.129 e. The quantitative estimate of drug-likeness (QED) is 0.869. The van der Waals surface area contributed by atoms with Gasteiger partial charge < -0.3 is 19.5 Å². The lowest BCUT2D eigenvalue weighted by atomic mass is 9.70. The monoisotopic (exact) mass is 303 g/mol. The number of aliphatic hydroxyl groups is 1. The molecule has 4 nitrogen and oxygen atoms in total. The molecule has 0 bridgehead atoms. The maximum absolute atomic E-state index is 11.2. The van der Waals surface area contributed by atoms with Crippen molar-refractivity contribution in [1.82, 2.24) is 4.90 Å². The third kappa shape index (κ3) is 2.17. The largest absolute Gasteiger partial charge is 0.488 e. The van der Waals surface area contributed by atoms with E-state index < -0.39 is 6.10 Å². The van der Waals surface area contributed by atoms with Gasteiger partial charge in [-0.25, -0.2) is 0 Å². The summed E-state index contributed by atoms with van der Waals surface area (Å²) in [6, 6.07) is 4.10. The minimum absolute atomic E-state index is 0.110. The molecule has 3 rings (SSSR count). The molecule has 2 aliphatic rings. The van der Waals surface area contributed by atoms with Crippen LogP contribution in [0.1, 0.15) is 55.9 Å². The van der Waals surface area contributed by atoms with Crippen molar-refractivity contribution in [3.05, 3.63) is 28.8 Å². The molecule has 22 heavy (non-hydrogen) atoms. The van der Waals surface area contributed by atoms with Gasteiger partial charge in [-0.1, -0.05) is 19.1 Å². The van der Waals surface area contributed by atoms with Gasteiger partial charge in [0.25, 0.3) is 0 Å². The second-order valence-electron chi connectivity index (χ2n) is 6.70. The van der Waals surface area contributed by atoms with Crippen LogP contribution in [0, 0.1) is 0 Å². The molecule has 1 aromatic rings. The Morgan fingerprint density at radius 1 is 1.55 bits per heavy atom. The van der Waals surface area contributed by atoms with Crippen LogP contribution < -0.4 is 4.74 Å². The van der Waals surface area contributed by atoms with Crippen molar-refractivity contribution in [2.75, 3.05) is 13.6 Å². The molecule has 120 valence electrons. The van der Waals surface area contributed by atoms with Crippen LogP contribution in [-0.2, 0) is 16.8 Å². The first-order chi connectivity index (χ1) is 10.5. The van der Waals surface area contributed by atoms with Gasteiger partial charge in [0.2, 0.25) is 0 Å². The highest BCUT2D eigenvalue weighted by Crippen LogP contribution is 2.53. The molecular weight excluding hydrogens is 278 g/mol. The highest BCUT2D eigenvalue weighted by Gasteiger charge is 2.50. The number of aliphatic hydroxyl groups excluding tert-OH is 1. The molecule has 3 atom stereocenters. The summed E-state index contributed by atoms with van der Waals surface area (Å²) in [4.78, 5) is 13.5. The van der Waals surface area contributed by atoms with E-state index in [2.05, 4.69) is 24.9 Å². The van der Waals surface area contributed by atoms with Crippen LogP contribution in [0.2, 0.25) is 0 Å². The van der Waals surface area contributed by atoms with Gasteiger partial charge in [0.15, 0.2) is 0 Å². The lowest BCUT2D eigenvalue weighted by molar-refractivity contribution is -0.109. The molecule has 0 aromatic heterocycles. The van der Waals surface area contributed by atoms with E-state index in [0.29, 0.717) is 6.42 Å². The van der Waals surface area contributed by atoms with Gasteiger partial charge in [-0.2, -0.15) is 0 Å². The first-order valence-electron chi connectivity index (χ1n) is 8.16. The van der Waals surface area contributed by atoms with Crippen LogP contribution in [0.5, 0.6) is 5.75 Å². The van der Waals surface area contributed by atoms with Crippen LogP contribution in [0.15, 0.2) is 12.1 Å². The van der Waals surface area contributed by atoms with Gasteiger partial charge in [0.05, 0.1) is 6.10 Å². The molecule has 0 aliphatic carbocycles. The summed E-state index contributed by atoms with van der Waals surface area (Å²) in [5.74, 6) is 0.830. The molecule has 4 heteroatoms. The molecule has 0 saturated carbocycles. The summed E-state index contributed by atoms with van der Waals surface area (Å²) < 4.78 is 6.24. The zero-order chi connectivity index (χ0) is 15.9. The summed E-state index contributed by atoms with van der Waals surface area (Å²) >= 11 is 0. The third-order valence-electron chi connectivity index (χ3n) is 5.42. The predicted octanol–water partition coefficient (Wildman–Crippen LogP) is 2.57. The molecule has 1 N–H and O–H groups in total. The number of carbonyl (C=O) groups is 1. The minimum Gasteiger partial charge on any atom is -0.488 e. The second-order valence-corrected chi connectivity index (χ2v) is 6.70. The molecule has 0 radical (unpaired) electrons. The van der Waals surface area contributed by atoms with Crippen LogP contribution in [0.3, 0.4) is 0 Å². The van der Waals surface area contributed by atoms with Crippen molar-refractivity contribution >= 4 is 6.29 Å². The van der Waals surface area contributed by atoms with Gasteiger partial charge in [0.1, 0.15) is 18.1 Å². The van der Waals surface area contributed by atoms with Crippen LogP contribution in [-0.4, -0.2) is 36.0 Å². The number of aldehydes is 1. The van der Waals surface area contributed by atoms with Gasteiger partial charge in [-0.3, -0.25) is 0 Å². The van der Waals surface area contributed by atoms with Crippen LogP contribution in [0.25, 0.3) is 0 Å². The van der Waals surface area contributed by atoms with Crippen molar-refractivity contribution in [3.8, 4) is 5.75 Å². The van der Waals surface area contributed by atoms with Gasteiger partial charge in [-0.15, -0.1) is 0 Å². The number of ether oxygens (including phenoxy) is 1. The Morgan fingerprint density at radius 2 is 2.32 bits per heavy atom. The van der Waals surface area contributed by atoms with Gasteiger partial charge in [-0.05, 0) is 38.9 Å². The van der Waals surface area contributed by atoms with Crippen molar-refractivity contribution in [1.29, 1.82) is 0 Å². The molecule has 3 unspecified atom stereocenters. The third-order valence-corrected chi connectivity index (χ3v) is 5.42. The lowest BCUT2D eigenvalue weighted by Crippen LogP contribution is -2.39. The van der Waals surface area contributed by atoms with Gasteiger partial charge in [0, 0.05) is 29.5 Å². The zero-order valence-corrected chi connectivity index (χ0v) is 13.6. The highest BCUT2D eigenvalue weighted by atomic mass is 16.5. The molecular formula is C18H25NO3. The first-order valence-corrected chi connectivity index (χ1v) is 8.16. The Hall–Kier alpha value is -1.39. The van der Waals surface area contributed by atoms with E-state index in [1.165, 1.54) is 11.1 Å². The first kappa shape index (κ1) is 15.5. The summed E-state index contributed by atoms with van der Waals surface area (Å²) in [6.07, 6.45) is 2.63. The number of carbonyl (C=O) groups excluding carboxylic acids is 1. The average molecular weight is 303 g/mol. The van der Waals surface area contributed by atoms with E-state index in [4.69, 9.17) is 4.74 Å². The SMILES string of the molecule is CCC12CCN(C)Cc3ccc(C(C)O)c(c31)OC2CC=O. The Balaban J connectivity index is 2.22. The van der Waals surface area contributed by atoms with E-state index in [0.717, 1.165) is 43.5 Å². The number of hydrogen-bond donors (Lipinski definition) is 1. The predicted molar refractivity (Wildman–Crippen MR) is 85.1 cm³/mol. The summed E-state index contributed by atoms with van der Waals surface area (Å²) in [6.45, 7) is 5.83. The van der Waals surface area contributed by atoms with Crippen molar-refractivity contribution < 1.29 is 14.6 Å². The second kappa shape index (κ2) is 5.67. The fourth-order valence-electron chi connectivity index (χ4n) is 4.18. The lowest BCUT2D eigenvalue weighted by Gasteiger charge is -2.32. The van der Waals surface area contributed by atoms with Crippen molar-refractivity contribution in [3.63, 3.8) is 0 Å². The molecule has 1 aromatic carbocycles. The molecule has 0 saturated heterocycles. The Morgan fingerprint density at radius 3 is 2.95 bits per heavy atom. The van der Waals surface area contributed by atoms with Crippen molar-refractivity contribution in [2.45, 2.75) is 57.3 Å². The summed E-state index contributed by atoms with van der Waals surface area (Å²) in [5, 5.41) is 10.1. The van der Waals surface area contributed by atoms with E-state index in [9.17, 15) is 9.90 Å². The maximum atomic E-state index is 11.2. The number of rotatable bonds is 4. The number of nitrogens with zero attached hydrogens (tertiary/aromatic N) is 1. The minimum atomic E-state index is -0.564. The van der Waals surface area contributed by atoms with Crippen LogP contribution >= 0.6 is 0 Å². The molecule has 0 amide bonds. The zero-order valence-electron chi connectivity index (χ0n) is 13.6. The van der Waals surface area contributed by atoms with E-state index >= 15 is 0 Å². The van der Waals surface area contributed by atoms with Crippen molar-refractivity contribution in [2.24, 2.45) is 0 Å². The van der Waals surface area contributed by atoms with E-state index in [1.54, 1.807) is 6.92 Å². The van der Waals surface area contributed by atoms with E-state index in [1.807, 2.05) is 6.07 Å². The highest BCUT2D eigenvalue weighted by molar-refractivity contribution is 5.59. The summed E-state index contributed by atoms with van der Waals surface area (Å²) in [5.41, 5.74) is 3.25. The fraction of sp³-hybridized carbons (Fsp3) is 0.611. The molecule has 2 aliphatic heterocycles. The fourth-order valence-corrected chi connectivity index (χ4v) is 4.18. The molecule has 2 heterocycles. The molecule has 0 fully saturated rings. The summed E-state index contributed by atoms with van der Waals surface area (Å²) in [7, 11) is 2.13.